The van der Waals surface area contributed by atoms with E-state index in [1.54, 1.807) is 0 Å². The van der Waals surface area contributed by atoms with E-state index in [0.29, 0.717) is 24.5 Å². The van der Waals surface area contributed by atoms with Gasteiger partial charge < -0.3 is 15.8 Å². The molecule has 0 aromatic rings. The molecule has 0 aromatic heterocycles. The van der Waals surface area contributed by atoms with Crippen molar-refractivity contribution in [3.8, 4) is 0 Å². The van der Waals surface area contributed by atoms with Crippen LogP contribution in [0.4, 0.5) is 0 Å². The molecular formula is C14H28N2O2. The summed E-state index contributed by atoms with van der Waals surface area (Å²) in [5.74, 6) is -0.283. The Labute approximate surface area is 111 Å². The first-order valence-electron chi connectivity index (χ1n) is 6.88. The number of nitrogens with two attached hydrogens (primary N) is 1. The Kier molecular flexibility index (Phi) is 5.17. The van der Waals surface area contributed by atoms with Gasteiger partial charge in [-0.25, -0.2) is 0 Å². The van der Waals surface area contributed by atoms with E-state index in [0.717, 1.165) is 25.9 Å². The molecule has 1 fully saturated rings. The minimum absolute atomic E-state index is 0.283. The third-order valence-corrected chi connectivity index (χ3v) is 3.39. The van der Waals surface area contributed by atoms with Crippen molar-refractivity contribution in [3.05, 3.63) is 0 Å². The van der Waals surface area contributed by atoms with Crippen molar-refractivity contribution in [3.63, 3.8) is 0 Å². The number of rotatable bonds is 8. The van der Waals surface area contributed by atoms with E-state index in [4.69, 9.17) is 10.5 Å². The van der Waals surface area contributed by atoms with Gasteiger partial charge in [0.15, 0.2) is 0 Å². The monoisotopic (exact) mass is 256 g/mol. The van der Waals surface area contributed by atoms with Crippen LogP contribution in [0.2, 0.25) is 0 Å². The van der Waals surface area contributed by atoms with Gasteiger partial charge in [-0.3, -0.25) is 4.79 Å². The van der Waals surface area contributed by atoms with Crippen LogP contribution in [0.5, 0.6) is 0 Å². The molecule has 0 saturated heterocycles. The van der Waals surface area contributed by atoms with Crippen LogP contribution in [0.15, 0.2) is 0 Å². The molecule has 0 aromatic carbocycles. The van der Waals surface area contributed by atoms with Gasteiger partial charge in [-0.2, -0.15) is 0 Å². The number of ether oxygens (including phenoxy) is 1. The van der Waals surface area contributed by atoms with Crippen LogP contribution in [0.25, 0.3) is 0 Å². The van der Waals surface area contributed by atoms with Crippen molar-refractivity contribution in [1.82, 2.24) is 5.32 Å². The number of carbonyl (C=O) groups excluding carboxylic acids is 1. The van der Waals surface area contributed by atoms with Crippen molar-refractivity contribution >= 4 is 5.91 Å². The number of amides is 1. The number of hydrogen-bond donors (Lipinski definition) is 2. The predicted octanol–water partition coefficient (Wildman–Crippen LogP) is 1.83. The summed E-state index contributed by atoms with van der Waals surface area (Å²) >= 11 is 0. The molecule has 1 amide bonds. The quantitative estimate of drug-likeness (QED) is 0.651. The van der Waals surface area contributed by atoms with Gasteiger partial charge in [-0.1, -0.05) is 20.8 Å². The fourth-order valence-corrected chi connectivity index (χ4v) is 1.70. The standard InChI is InChI=1S/C14H28N2O2/c1-13(2,3)7-9-18-10-8-14(4,12(15)17)16-11-5-6-11/h11,16H,5-10H2,1-4H3,(H2,15,17). The van der Waals surface area contributed by atoms with Crippen LogP contribution in [-0.2, 0) is 9.53 Å². The van der Waals surface area contributed by atoms with Crippen LogP contribution < -0.4 is 11.1 Å². The molecule has 0 radical (unpaired) electrons. The predicted molar refractivity (Wildman–Crippen MR) is 73.3 cm³/mol. The molecule has 0 heterocycles. The molecule has 1 rings (SSSR count). The van der Waals surface area contributed by atoms with Gasteiger partial charge in [0, 0.05) is 19.3 Å². The van der Waals surface area contributed by atoms with Crippen LogP contribution in [0, 0.1) is 5.41 Å². The Morgan fingerprint density at radius 2 is 1.78 bits per heavy atom. The maximum Gasteiger partial charge on any atom is 0.237 e. The zero-order chi connectivity index (χ0) is 13.8. The highest BCUT2D eigenvalue weighted by molar-refractivity contribution is 5.84. The Bertz CT molecular complexity index is 282. The van der Waals surface area contributed by atoms with Gasteiger partial charge in [0.1, 0.15) is 0 Å². The minimum Gasteiger partial charge on any atom is -0.381 e. The average molecular weight is 256 g/mol. The molecule has 0 spiro atoms. The van der Waals surface area contributed by atoms with Crippen molar-refractivity contribution in [2.24, 2.45) is 11.1 Å². The summed E-state index contributed by atoms with van der Waals surface area (Å²) in [6.45, 7) is 9.77. The lowest BCUT2D eigenvalue weighted by atomic mass is 9.93. The number of nitrogens with one attached hydrogen (secondary N) is 1. The Morgan fingerprint density at radius 1 is 1.22 bits per heavy atom. The van der Waals surface area contributed by atoms with Gasteiger partial charge in [0.2, 0.25) is 5.91 Å². The lowest BCUT2D eigenvalue weighted by molar-refractivity contribution is -0.124. The van der Waals surface area contributed by atoms with E-state index in [-0.39, 0.29) is 5.91 Å². The van der Waals surface area contributed by atoms with E-state index in [9.17, 15) is 4.79 Å². The summed E-state index contributed by atoms with van der Waals surface area (Å²) < 4.78 is 5.61. The van der Waals surface area contributed by atoms with Crippen LogP contribution >= 0.6 is 0 Å². The summed E-state index contributed by atoms with van der Waals surface area (Å²) in [7, 11) is 0. The van der Waals surface area contributed by atoms with Crippen LogP contribution in [0.1, 0.15) is 53.4 Å². The number of carbonyl (C=O) groups is 1. The topological polar surface area (TPSA) is 64.3 Å². The second kappa shape index (κ2) is 6.02. The Balaban J connectivity index is 2.23. The Hall–Kier alpha value is -0.610. The molecule has 4 nitrogen and oxygen atoms in total. The average Bonchev–Trinajstić information content (AvgIpc) is 2.99. The van der Waals surface area contributed by atoms with E-state index in [2.05, 4.69) is 26.1 Å². The van der Waals surface area contributed by atoms with Gasteiger partial charge in [-0.15, -0.1) is 0 Å². The highest BCUT2D eigenvalue weighted by Gasteiger charge is 2.36. The van der Waals surface area contributed by atoms with E-state index in [1.165, 1.54) is 0 Å². The zero-order valence-corrected chi connectivity index (χ0v) is 12.2. The molecule has 0 aliphatic heterocycles. The molecule has 1 atom stereocenters. The van der Waals surface area contributed by atoms with E-state index in [1.807, 2.05) is 6.92 Å². The molecule has 4 heteroatoms. The maximum absolute atomic E-state index is 11.5. The minimum atomic E-state index is -0.622. The summed E-state index contributed by atoms with van der Waals surface area (Å²) in [5.41, 5.74) is 5.14. The summed E-state index contributed by atoms with van der Waals surface area (Å²) in [6.07, 6.45) is 3.96. The van der Waals surface area contributed by atoms with Gasteiger partial charge >= 0.3 is 0 Å². The first-order valence-corrected chi connectivity index (χ1v) is 6.88. The summed E-state index contributed by atoms with van der Waals surface area (Å²) in [4.78, 5) is 11.5. The number of primary amides is 1. The second-order valence-electron chi connectivity index (χ2n) is 6.79. The normalized spacial score (nSPS) is 19.6. The van der Waals surface area contributed by atoms with Gasteiger partial charge in [-0.05, 0) is 38.0 Å². The van der Waals surface area contributed by atoms with Crippen molar-refractivity contribution in [1.29, 1.82) is 0 Å². The van der Waals surface area contributed by atoms with Crippen LogP contribution in [-0.4, -0.2) is 30.7 Å². The lowest BCUT2D eigenvalue weighted by Gasteiger charge is -2.27. The molecule has 1 aliphatic carbocycles. The van der Waals surface area contributed by atoms with Gasteiger partial charge in [0.25, 0.3) is 0 Å². The number of hydrogen-bond acceptors (Lipinski definition) is 3. The molecule has 1 unspecified atom stereocenters. The summed E-state index contributed by atoms with van der Waals surface area (Å²) in [5, 5.41) is 3.32. The SMILES string of the molecule is CC(C)(C)CCOCCC(C)(NC1CC1)C(N)=O. The molecule has 106 valence electrons. The molecule has 1 aliphatic rings. The fraction of sp³-hybridized carbons (Fsp3) is 0.929. The van der Waals surface area contributed by atoms with Crippen molar-refractivity contribution in [2.75, 3.05) is 13.2 Å². The largest absolute Gasteiger partial charge is 0.381 e. The molecular weight excluding hydrogens is 228 g/mol. The Morgan fingerprint density at radius 3 is 2.22 bits per heavy atom. The first-order chi connectivity index (χ1) is 8.23. The van der Waals surface area contributed by atoms with E-state index >= 15 is 0 Å². The molecule has 0 bridgehead atoms. The fourth-order valence-electron chi connectivity index (χ4n) is 1.70. The van der Waals surface area contributed by atoms with Crippen molar-refractivity contribution < 1.29 is 9.53 Å². The third-order valence-electron chi connectivity index (χ3n) is 3.39. The third kappa shape index (κ3) is 5.83. The van der Waals surface area contributed by atoms with Gasteiger partial charge in [0.05, 0.1) is 5.54 Å². The highest BCUT2D eigenvalue weighted by Crippen LogP contribution is 2.24. The van der Waals surface area contributed by atoms with Crippen molar-refractivity contribution in [2.45, 2.75) is 65.0 Å². The molecule has 3 N–H and O–H groups in total. The molecule has 18 heavy (non-hydrogen) atoms. The van der Waals surface area contributed by atoms with Crippen LogP contribution in [0.3, 0.4) is 0 Å². The van der Waals surface area contributed by atoms with E-state index < -0.39 is 5.54 Å². The first kappa shape index (κ1) is 15.4. The molecule has 1 saturated carbocycles. The smallest absolute Gasteiger partial charge is 0.237 e. The lowest BCUT2D eigenvalue weighted by Crippen LogP contribution is -2.54. The maximum atomic E-state index is 11.5. The second-order valence-corrected chi connectivity index (χ2v) is 6.79. The highest BCUT2D eigenvalue weighted by atomic mass is 16.5. The summed E-state index contributed by atoms with van der Waals surface area (Å²) in [6, 6.07) is 0.470. The zero-order valence-electron chi connectivity index (χ0n) is 12.2.